The third-order valence-electron chi connectivity index (χ3n) is 3.61. The molecule has 0 aliphatic rings. The highest BCUT2D eigenvalue weighted by molar-refractivity contribution is 6.04. The quantitative estimate of drug-likeness (QED) is 0.486. The van der Waals surface area contributed by atoms with Gasteiger partial charge in [-0.05, 0) is 36.4 Å². The molecular weight excluding hydrogens is 388 g/mol. The first-order chi connectivity index (χ1) is 13.3. The van der Waals surface area contributed by atoms with Gasteiger partial charge in [0.1, 0.15) is 5.82 Å². The Morgan fingerprint density at radius 3 is 1.86 bits per heavy atom. The van der Waals surface area contributed by atoms with Gasteiger partial charge < -0.3 is 10.6 Å². The number of aromatic nitrogens is 1. The van der Waals surface area contributed by atoms with Gasteiger partial charge in [0.2, 0.25) is 0 Å². The van der Waals surface area contributed by atoms with Crippen molar-refractivity contribution in [2.45, 2.75) is 0 Å². The Balaban J connectivity index is 1.75. The molecular formula is C18H9F6N3O. The topological polar surface area (TPSA) is 54.0 Å². The highest BCUT2D eigenvalue weighted by atomic mass is 19.2. The third-order valence-corrected chi connectivity index (χ3v) is 3.61. The molecule has 0 bridgehead atoms. The van der Waals surface area contributed by atoms with Crippen molar-refractivity contribution >= 4 is 23.1 Å². The van der Waals surface area contributed by atoms with Crippen molar-refractivity contribution in [3.8, 4) is 0 Å². The summed E-state index contributed by atoms with van der Waals surface area (Å²) in [5, 5.41) is 4.46. The average Bonchev–Trinajstić information content (AvgIpc) is 2.69. The summed E-state index contributed by atoms with van der Waals surface area (Å²) < 4.78 is 79.5. The second kappa shape index (κ2) is 7.59. The van der Waals surface area contributed by atoms with E-state index in [-0.39, 0.29) is 17.1 Å². The number of benzene rings is 2. The molecule has 0 unspecified atom stereocenters. The lowest BCUT2D eigenvalue weighted by Gasteiger charge is -2.09. The Kier molecular flexibility index (Phi) is 5.21. The lowest BCUT2D eigenvalue weighted by molar-refractivity contribution is 0.102. The second-order valence-electron chi connectivity index (χ2n) is 5.46. The molecule has 28 heavy (non-hydrogen) atoms. The molecule has 0 spiro atoms. The highest BCUT2D eigenvalue weighted by Crippen LogP contribution is 2.23. The van der Waals surface area contributed by atoms with Crippen LogP contribution in [0.5, 0.6) is 0 Å². The molecule has 1 aromatic heterocycles. The number of halogens is 6. The van der Waals surface area contributed by atoms with Crippen LogP contribution in [0.15, 0.2) is 42.6 Å². The molecule has 2 N–H and O–H groups in total. The molecule has 0 radical (unpaired) electrons. The number of carbonyl (C=O) groups excluding carboxylic acids is 1. The van der Waals surface area contributed by atoms with E-state index in [0.717, 1.165) is 24.4 Å². The molecule has 0 aliphatic heterocycles. The third kappa shape index (κ3) is 3.75. The maximum atomic E-state index is 13.6. The summed E-state index contributed by atoms with van der Waals surface area (Å²) in [7, 11) is 0. The largest absolute Gasteiger partial charge is 0.338 e. The zero-order valence-electron chi connectivity index (χ0n) is 13.7. The van der Waals surface area contributed by atoms with Crippen molar-refractivity contribution in [3.05, 3.63) is 83.1 Å². The number of hydrogen-bond donors (Lipinski definition) is 2. The fourth-order valence-electron chi connectivity index (χ4n) is 2.18. The SMILES string of the molecule is O=C(Nc1ccc(F)c(F)c1F)c1ccc(Nc2ccc(F)c(F)c2F)nc1. The predicted octanol–water partition coefficient (Wildman–Crippen LogP) is 4.91. The summed E-state index contributed by atoms with van der Waals surface area (Å²) >= 11 is 0. The monoisotopic (exact) mass is 397 g/mol. The summed E-state index contributed by atoms with van der Waals surface area (Å²) in [6.45, 7) is 0. The normalized spacial score (nSPS) is 10.6. The van der Waals surface area contributed by atoms with E-state index in [9.17, 15) is 31.1 Å². The molecule has 0 fully saturated rings. The van der Waals surface area contributed by atoms with Gasteiger partial charge in [-0.3, -0.25) is 4.79 Å². The second-order valence-corrected chi connectivity index (χ2v) is 5.46. The van der Waals surface area contributed by atoms with E-state index in [1.54, 1.807) is 0 Å². The van der Waals surface area contributed by atoms with E-state index in [1.807, 2.05) is 0 Å². The van der Waals surface area contributed by atoms with Crippen molar-refractivity contribution in [1.29, 1.82) is 0 Å². The van der Waals surface area contributed by atoms with Crippen molar-refractivity contribution in [3.63, 3.8) is 0 Å². The van der Waals surface area contributed by atoms with E-state index in [4.69, 9.17) is 0 Å². The number of rotatable bonds is 4. The Labute approximate surface area is 153 Å². The van der Waals surface area contributed by atoms with Crippen molar-refractivity contribution in [2.75, 3.05) is 10.6 Å². The minimum atomic E-state index is -1.73. The lowest BCUT2D eigenvalue weighted by atomic mass is 10.2. The Morgan fingerprint density at radius 1 is 0.714 bits per heavy atom. The standard InChI is InChI=1S/C18H9F6N3O/c19-9-2-4-11(16(23)14(9)21)26-13-6-1-8(7-25-13)18(28)27-12-5-3-10(20)15(22)17(12)24/h1-7H,(H,25,26)(H,27,28). The number of hydrogen-bond acceptors (Lipinski definition) is 3. The average molecular weight is 397 g/mol. The molecule has 2 aromatic carbocycles. The fourth-order valence-corrected chi connectivity index (χ4v) is 2.18. The molecule has 144 valence electrons. The summed E-state index contributed by atoms with van der Waals surface area (Å²) in [4.78, 5) is 15.9. The van der Waals surface area contributed by atoms with Crippen LogP contribution in [0.25, 0.3) is 0 Å². The van der Waals surface area contributed by atoms with E-state index in [0.29, 0.717) is 6.07 Å². The Morgan fingerprint density at radius 2 is 1.29 bits per heavy atom. The number of amides is 1. The molecule has 0 saturated carbocycles. The van der Waals surface area contributed by atoms with Gasteiger partial charge in [-0.15, -0.1) is 0 Å². The van der Waals surface area contributed by atoms with Crippen LogP contribution in [0.4, 0.5) is 43.5 Å². The van der Waals surface area contributed by atoms with Crippen LogP contribution < -0.4 is 10.6 Å². The maximum Gasteiger partial charge on any atom is 0.257 e. The van der Waals surface area contributed by atoms with Crippen LogP contribution >= 0.6 is 0 Å². The van der Waals surface area contributed by atoms with E-state index >= 15 is 0 Å². The van der Waals surface area contributed by atoms with E-state index in [2.05, 4.69) is 15.6 Å². The number of nitrogens with zero attached hydrogens (tertiary/aromatic N) is 1. The van der Waals surface area contributed by atoms with Crippen molar-refractivity contribution in [1.82, 2.24) is 4.98 Å². The molecule has 3 aromatic rings. The minimum Gasteiger partial charge on any atom is -0.338 e. The number of nitrogens with one attached hydrogen (secondary N) is 2. The first-order valence-corrected chi connectivity index (χ1v) is 7.59. The number of carbonyl (C=O) groups is 1. The number of pyridine rings is 1. The smallest absolute Gasteiger partial charge is 0.257 e. The van der Waals surface area contributed by atoms with Gasteiger partial charge in [-0.25, -0.2) is 31.3 Å². The molecule has 4 nitrogen and oxygen atoms in total. The maximum absolute atomic E-state index is 13.6. The molecule has 0 atom stereocenters. The first kappa shape index (κ1) is 19.2. The van der Waals surface area contributed by atoms with Gasteiger partial charge in [0.15, 0.2) is 34.9 Å². The van der Waals surface area contributed by atoms with Gasteiger partial charge in [0, 0.05) is 6.20 Å². The van der Waals surface area contributed by atoms with E-state index in [1.165, 1.54) is 12.1 Å². The van der Waals surface area contributed by atoms with Crippen LogP contribution in [-0.4, -0.2) is 10.9 Å². The first-order valence-electron chi connectivity index (χ1n) is 7.59. The van der Waals surface area contributed by atoms with Crippen LogP contribution in [0.3, 0.4) is 0 Å². The van der Waals surface area contributed by atoms with Gasteiger partial charge in [-0.1, -0.05) is 0 Å². The number of anilines is 3. The van der Waals surface area contributed by atoms with Crippen LogP contribution in [0.1, 0.15) is 10.4 Å². The van der Waals surface area contributed by atoms with Gasteiger partial charge in [0.25, 0.3) is 5.91 Å². The van der Waals surface area contributed by atoms with Gasteiger partial charge >= 0.3 is 0 Å². The van der Waals surface area contributed by atoms with Crippen molar-refractivity contribution < 1.29 is 31.1 Å². The predicted molar refractivity (Wildman–Crippen MR) is 88.1 cm³/mol. The zero-order chi connectivity index (χ0) is 20.4. The lowest BCUT2D eigenvalue weighted by Crippen LogP contribution is -2.14. The van der Waals surface area contributed by atoms with Crippen LogP contribution in [0.2, 0.25) is 0 Å². The molecule has 10 heteroatoms. The van der Waals surface area contributed by atoms with Gasteiger partial charge in [0.05, 0.1) is 16.9 Å². The van der Waals surface area contributed by atoms with E-state index < -0.39 is 46.5 Å². The summed E-state index contributed by atoms with van der Waals surface area (Å²) in [6.07, 6.45) is 1.02. The minimum absolute atomic E-state index is 0.000431. The molecule has 1 amide bonds. The van der Waals surface area contributed by atoms with Crippen molar-refractivity contribution in [2.24, 2.45) is 0 Å². The summed E-state index contributed by atoms with van der Waals surface area (Å²) in [5.41, 5.74) is -1.04. The van der Waals surface area contributed by atoms with Crippen LogP contribution in [0, 0.1) is 34.9 Å². The molecule has 0 saturated heterocycles. The van der Waals surface area contributed by atoms with Gasteiger partial charge in [-0.2, -0.15) is 0 Å². The molecule has 1 heterocycles. The Bertz CT molecular complexity index is 1060. The summed E-state index contributed by atoms with van der Waals surface area (Å²) in [6, 6.07) is 5.61. The van der Waals surface area contributed by atoms with Crippen LogP contribution in [-0.2, 0) is 0 Å². The fraction of sp³-hybridized carbons (Fsp3) is 0. The molecule has 0 aliphatic carbocycles. The molecule has 3 rings (SSSR count). The highest BCUT2D eigenvalue weighted by Gasteiger charge is 2.17. The summed E-state index contributed by atoms with van der Waals surface area (Å²) in [5.74, 6) is -10.0. The zero-order valence-corrected chi connectivity index (χ0v) is 13.7. The Hall–Kier alpha value is -3.56.